The first-order chi connectivity index (χ1) is 15.4. The molecule has 0 radical (unpaired) electrons. The topological polar surface area (TPSA) is 98.8 Å². The Morgan fingerprint density at radius 2 is 0.743 bits per heavy atom. The average molecular weight is 599 g/mol. The summed E-state index contributed by atoms with van der Waals surface area (Å²) in [6.07, 6.45) is 1.69. The van der Waals surface area contributed by atoms with E-state index in [1.54, 1.807) is 0 Å². The van der Waals surface area contributed by atoms with Gasteiger partial charge in [-0.1, -0.05) is 13.2 Å². The van der Waals surface area contributed by atoms with Crippen molar-refractivity contribution in [1.29, 1.82) is 0 Å². The lowest BCUT2D eigenvalue weighted by molar-refractivity contribution is -0.137. The molecule has 0 amide bonds. The Morgan fingerprint density at radius 1 is 0.514 bits per heavy atom. The monoisotopic (exact) mass is 598 g/mol. The molecule has 0 aliphatic carbocycles. The predicted octanol–water partition coefficient (Wildman–Crippen LogP) is 4.82. The van der Waals surface area contributed by atoms with Crippen molar-refractivity contribution < 1.29 is 39.6 Å². The molecule has 0 aromatic rings. The number of carbonyl (C=O) groups excluding carboxylic acids is 2. The first kappa shape index (κ1) is 34.5. The Kier molecular flexibility index (Phi) is 12.7. The first-order valence-corrected chi connectivity index (χ1v) is 29.0. The van der Waals surface area contributed by atoms with Gasteiger partial charge in [-0.15, -0.1) is 0 Å². The van der Waals surface area contributed by atoms with Gasteiger partial charge in [-0.05, 0) is 78.6 Å². The highest BCUT2D eigenvalue weighted by Crippen LogP contribution is 2.31. The highest BCUT2D eigenvalue weighted by Gasteiger charge is 2.60. The second-order valence-corrected chi connectivity index (χ2v) is 36.2. The Bertz CT molecular complexity index is 654. The number of hydrogen-bond acceptors (Lipinski definition) is 9. The molecular formula is C20H46O9Si6. The Balaban J connectivity index is 6.96. The Morgan fingerprint density at radius 3 is 0.914 bits per heavy atom. The molecule has 0 aromatic heterocycles. The van der Waals surface area contributed by atoms with E-state index in [1.165, 1.54) is 0 Å². The van der Waals surface area contributed by atoms with Crippen molar-refractivity contribution in [1.82, 2.24) is 0 Å². The van der Waals surface area contributed by atoms with E-state index in [4.69, 9.17) is 30.0 Å². The summed E-state index contributed by atoms with van der Waals surface area (Å²) in [5.74, 6) is -1.24. The number of rotatable bonds is 16. The number of ether oxygens (including phenoxy) is 2. The third kappa shape index (κ3) is 16.1. The van der Waals surface area contributed by atoms with Crippen molar-refractivity contribution in [2.75, 3.05) is 12.5 Å². The summed E-state index contributed by atoms with van der Waals surface area (Å²) in [7, 11) is -16.8. The first-order valence-electron chi connectivity index (χ1n) is 11.5. The van der Waals surface area contributed by atoms with Gasteiger partial charge in [0.05, 0.1) is 0 Å². The molecule has 15 heteroatoms. The smallest absolute Gasteiger partial charge is 0.458 e. The van der Waals surface area contributed by atoms with E-state index in [9.17, 15) is 9.59 Å². The summed E-state index contributed by atoms with van der Waals surface area (Å²) >= 11 is 0. The van der Waals surface area contributed by atoms with E-state index >= 15 is 0 Å². The van der Waals surface area contributed by atoms with Crippen molar-refractivity contribution in [2.24, 2.45) is 0 Å². The van der Waals surface area contributed by atoms with Crippen LogP contribution in [-0.2, 0) is 39.6 Å². The molecule has 0 unspecified atom stereocenters. The van der Waals surface area contributed by atoms with E-state index in [-0.39, 0.29) is 12.5 Å². The van der Waals surface area contributed by atoms with Gasteiger partial charge in [0.25, 0.3) is 0 Å². The second kappa shape index (κ2) is 12.9. The van der Waals surface area contributed by atoms with Crippen molar-refractivity contribution in [3.05, 3.63) is 25.3 Å². The quantitative estimate of drug-likeness (QED) is 0.141. The van der Waals surface area contributed by atoms with Gasteiger partial charge in [-0.2, -0.15) is 0 Å². The van der Waals surface area contributed by atoms with Crippen molar-refractivity contribution in [2.45, 2.75) is 78.6 Å². The minimum atomic E-state index is -3.79. The van der Waals surface area contributed by atoms with Crippen LogP contribution >= 0.6 is 0 Å². The number of hydrogen-bond donors (Lipinski definition) is 0. The van der Waals surface area contributed by atoms with E-state index in [2.05, 4.69) is 13.2 Å². The minimum Gasteiger partial charge on any atom is -0.458 e. The summed E-state index contributed by atoms with van der Waals surface area (Å²) in [6, 6.07) is 0. The van der Waals surface area contributed by atoms with E-state index in [0.717, 1.165) is 12.2 Å². The maximum Gasteiger partial charge on any atom is 0.512 e. The second-order valence-electron chi connectivity index (χ2n) is 11.9. The number of carbonyl (C=O) groups is 2. The molecule has 0 aliphatic rings. The molecule has 0 rings (SSSR count). The van der Waals surface area contributed by atoms with E-state index in [1.807, 2.05) is 78.6 Å². The third-order valence-corrected chi connectivity index (χ3v) is 21.5. The van der Waals surface area contributed by atoms with Crippen LogP contribution in [0.25, 0.3) is 0 Å². The lowest BCUT2D eigenvalue weighted by Crippen LogP contribution is -2.70. The molecular weight excluding hydrogens is 553 g/mol. The molecule has 35 heavy (non-hydrogen) atoms. The van der Waals surface area contributed by atoms with Crippen LogP contribution in [0.2, 0.25) is 78.6 Å². The van der Waals surface area contributed by atoms with Gasteiger partial charge in [-0.25, -0.2) is 9.59 Å². The Labute approximate surface area is 218 Å². The summed E-state index contributed by atoms with van der Waals surface area (Å²) < 4.78 is 44.3. The summed E-state index contributed by atoms with van der Waals surface area (Å²) in [5, 5.41) is 0. The molecule has 0 saturated carbocycles. The molecule has 0 aromatic carbocycles. The zero-order chi connectivity index (χ0) is 27.9. The highest BCUT2D eigenvalue weighted by atomic mass is 28.5. The minimum absolute atomic E-state index is 0.235. The molecule has 204 valence electrons. The van der Waals surface area contributed by atoms with Gasteiger partial charge >= 0.3 is 29.5 Å². The molecule has 0 fully saturated rings. The lowest BCUT2D eigenvalue weighted by atomic mass is 10.7. The molecule has 0 N–H and O–H groups in total. The van der Waals surface area contributed by atoms with Crippen LogP contribution < -0.4 is 0 Å². The lowest BCUT2D eigenvalue weighted by Gasteiger charge is -2.46. The van der Waals surface area contributed by atoms with Gasteiger partial charge < -0.3 is 30.0 Å². The molecule has 0 heterocycles. The normalized spacial score (nSPS) is 13.8. The maximum absolute atomic E-state index is 12.1. The fourth-order valence-corrected chi connectivity index (χ4v) is 25.0. The van der Waals surface area contributed by atoms with Crippen LogP contribution in [-0.4, -0.2) is 75.3 Å². The van der Waals surface area contributed by atoms with Gasteiger partial charge in [0.1, 0.15) is 0 Å². The van der Waals surface area contributed by atoms with Gasteiger partial charge in [-0.3, -0.25) is 0 Å². The zero-order valence-electron chi connectivity index (χ0n) is 23.7. The molecule has 0 bridgehead atoms. The zero-order valence-corrected chi connectivity index (χ0v) is 29.7. The van der Waals surface area contributed by atoms with Crippen molar-refractivity contribution >= 4 is 62.8 Å². The summed E-state index contributed by atoms with van der Waals surface area (Å²) in [5.41, 5.74) is 0. The predicted molar refractivity (Wildman–Crippen MR) is 153 cm³/mol. The van der Waals surface area contributed by atoms with Crippen LogP contribution in [0.15, 0.2) is 25.3 Å². The molecule has 0 spiro atoms. The fourth-order valence-electron chi connectivity index (χ4n) is 2.84. The third-order valence-electron chi connectivity index (χ3n) is 3.27. The Hall–Kier alpha value is -0.479. The van der Waals surface area contributed by atoms with Gasteiger partial charge in [0, 0.05) is 12.2 Å². The number of esters is 2. The van der Waals surface area contributed by atoms with Crippen molar-refractivity contribution in [3.8, 4) is 0 Å². The van der Waals surface area contributed by atoms with Crippen molar-refractivity contribution in [3.63, 3.8) is 0 Å². The average Bonchev–Trinajstić information content (AvgIpc) is 2.58. The van der Waals surface area contributed by atoms with E-state index in [0.29, 0.717) is 0 Å². The standard InChI is InChI=1S/C20H46O9Si6/c1-15-19(21)23-17-34(25-30(3,4)5,26-31(6,7)8)29-35(27-32(9,10)11,28-33(12,13)14)18-24-20(22)16-2/h15-16H,1-2,17-18H2,3-14H3. The van der Waals surface area contributed by atoms with Crippen LogP contribution in [0.1, 0.15) is 0 Å². The maximum atomic E-state index is 12.1. The highest BCUT2D eigenvalue weighted by molar-refractivity contribution is 6.92. The molecule has 0 atom stereocenters. The fraction of sp³-hybridized carbons (Fsp3) is 0.700. The SMILES string of the molecule is C=CC(=O)OC[Si](O[Si](C)(C)C)(O[Si](C)(C)C)O[Si](COC(=O)C=C)(O[Si](C)(C)C)O[Si](C)(C)C. The molecule has 0 saturated heterocycles. The van der Waals surface area contributed by atoms with Crippen LogP contribution in [0.5, 0.6) is 0 Å². The summed E-state index contributed by atoms with van der Waals surface area (Å²) in [6.45, 7) is 31.0. The largest absolute Gasteiger partial charge is 0.512 e. The van der Waals surface area contributed by atoms with Gasteiger partial charge in [0.15, 0.2) is 45.7 Å². The van der Waals surface area contributed by atoms with Crippen LogP contribution in [0.3, 0.4) is 0 Å². The van der Waals surface area contributed by atoms with Gasteiger partial charge in [0.2, 0.25) is 0 Å². The summed E-state index contributed by atoms with van der Waals surface area (Å²) in [4.78, 5) is 24.2. The van der Waals surface area contributed by atoms with E-state index < -0.39 is 62.8 Å². The van der Waals surface area contributed by atoms with Crippen LogP contribution in [0, 0.1) is 0 Å². The molecule has 0 aliphatic heterocycles. The van der Waals surface area contributed by atoms with Crippen LogP contribution in [0.4, 0.5) is 0 Å². The molecule has 9 nitrogen and oxygen atoms in total.